The third-order valence-corrected chi connectivity index (χ3v) is 8.78. The number of piperazine rings is 1. The number of hydrogen-bond donors (Lipinski definition) is 0. The molecule has 1 aromatic carbocycles. The lowest BCUT2D eigenvalue weighted by Gasteiger charge is -2.46. The van der Waals surface area contributed by atoms with E-state index in [0.29, 0.717) is 22.9 Å². The third-order valence-electron chi connectivity index (χ3n) is 8.78. The molecular weight excluding hydrogens is 442 g/mol. The van der Waals surface area contributed by atoms with Gasteiger partial charge in [-0.3, -0.25) is 4.90 Å². The van der Waals surface area contributed by atoms with Crippen LogP contribution in [0.25, 0.3) is 0 Å². The molecule has 2 saturated carbocycles. The molecule has 2 heterocycles. The van der Waals surface area contributed by atoms with E-state index in [1.807, 2.05) is 7.11 Å². The van der Waals surface area contributed by atoms with Crippen molar-refractivity contribution in [2.24, 2.45) is 16.7 Å². The zero-order valence-electron chi connectivity index (χ0n) is 22.3. The van der Waals surface area contributed by atoms with Gasteiger partial charge in [-0.25, -0.2) is 0 Å². The monoisotopic (exact) mass is 489 g/mol. The predicted octanol–water partition coefficient (Wildman–Crippen LogP) is 6.19. The van der Waals surface area contributed by atoms with Gasteiger partial charge in [0.1, 0.15) is 0 Å². The fourth-order valence-corrected chi connectivity index (χ4v) is 7.41. The topological polar surface area (TPSA) is 19.0 Å². The number of ether oxygens (including phenoxy) is 1. The third kappa shape index (κ3) is 6.05. The number of nitrogens with zero attached hydrogens (tertiary/aromatic N) is 3. The Bertz CT molecular complexity index is 813. The van der Waals surface area contributed by atoms with E-state index in [2.05, 4.69) is 60.6 Å². The Balaban J connectivity index is 0.00000274. The van der Waals surface area contributed by atoms with Crippen molar-refractivity contribution in [1.29, 1.82) is 0 Å². The van der Waals surface area contributed by atoms with Crippen LogP contribution in [-0.2, 0) is 4.74 Å². The fourth-order valence-electron chi connectivity index (χ4n) is 7.41. The number of hydrogen-bond acceptors (Lipinski definition) is 4. The van der Waals surface area contributed by atoms with E-state index in [-0.39, 0.29) is 12.4 Å². The van der Waals surface area contributed by atoms with Crippen LogP contribution in [0.2, 0.25) is 0 Å². The molecule has 2 aliphatic heterocycles. The molecule has 5 heteroatoms. The van der Waals surface area contributed by atoms with Crippen molar-refractivity contribution in [3.05, 3.63) is 23.8 Å². The van der Waals surface area contributed by atoms with Crippen LogP contribution < -0.4 is 9.80 Å². The van der Waals surface area contributed by atoms with Crippen molar-refractivity contribution in [1.82, 2.24) is 4.90 Å². The fraction of sp³-hybridized carbons (Fsp3) is 0.793. The highest BCUT2D eigenvalue weighted by Gasteiger charge is 2.40. The maximum absolute atomic E-state index is 5.67. The zero-order chi connectivity index (χ0) is 23.2. The van der Waals surface area contributed by atoms with E-state index in [4.69, 9.17) is 4.74 Å². The van der Waals surface area contributed by atoms with Gasteiger partial charge in [-0.15, -0.1) is 12.4 Å². The second kappa shape index (κ2) is 10.2. The Hall–Kier alpha value is -0.970. The molecule has 0 N–H and O–H groups in total. The summed E-state index contributed by atoms with van der Waals surface area (Å²) in [6.07, 6.45) is 8.36. The highest BCUT2D eigenvalue weighted by Crippen LogP contribution is 2.53. The van der Waals surface area contributed by atoms with Gasteiger partial charge in [0.05, 0.1) is 6.10 Å². The molecule has 192 valence electrons. The van der Waals surface area contributed by atoms with Crippen molar-refractivity contribution in [3.63, 3.8) is 0 Å². The minimum atomic E-state index is 0. The maximum atomic E-state index is 5.67. The van der Waals surface area contributed by atoms with Crippen LogP contribution in [0.3, 0.4) is 0 Å². The van der Waals surface area contributed by atoms with Gasteiger partial charge >= 0.3 is 0 Å². The van der Waals surface area contributed by atoms with Gasteiger partial charge in [-0.1, -0.05) is 27.7 Å². The number of benzene rings is 1. The summed E-state index contributed by atoms with van der Waals surface area (Å²) < 4.78 is 5.67. The Morgan fingerprint density at radius 1 is 0.882 bits per heavy atom. The molecule has 0 radical (unpaired) electrons. The smallest absolute Gasteiger partial charge is 0.0762 e. The van der Waals surface area contributed by atoms with Gasteiger partial charge in [-0.2, -0.15) is 0 Å². The summed E-state index contributed by atoms with van der Waals surface area (Å²) in [5.41, 5.74) is 5.34. The van der Waals surface area contributed by atoms with Crippen molar-refractivity contribution in [2.75, 3.05) is 62.7 Å². The van der Waals surface area contributed by atoms with Crippen LogP contribution in [0.4, 0.5) is 11.4 Å². The maximum Gasteiger partial charge on any atom is 0.0762 e. The molecule has 0 aromatic heterocycles. The van der Waals surface area contributed by atoms with Crippen LogP contribution in [0, 0.1) is 16.7 Å². The van der Waals surface area contributed by atoms with Crippen LogP contribution in [0.5, 0.6) is 0 Å². The number of methoxy groups -OCH3 is 1. The number of rotatable bonds is 6. The Morgan fingerprint density at radius 2 is 1.56 bits per heavy atom. The van der Waals surface area contributed by atoms with E-state index in [1.54, 1.807) is 5.56 Å². The van der Waals surface area contributed by atoms with Crippen molar-refractivity contribution < 1.29 is 4.74 Å². The highest BCUT2D eigenvalue weighted by molar-refractivity contribution is 5.85. The molecule has 4 aliphatic rings. The normalized spacial score (nSPS) is 27.6. The van der Waals surface area contributed by atoms with Crippen LogP contribution in [0.15, 0.2) is 18.2 Å². The molecule has 0 bridgehead atoms. The average molecular weight is 490 g/mol. The van der Waals surface area contributed by atoms with Gasteiger partial charge in [0.2, 0.25) is 0 Å². The summed E-state index contributed by atoms with van der Waals surface area (Å²) in [4.78, 5) is 7.97. The summed E-state index contributed by atoms with van der Waals surface area (Å²) in [7, 11) is 1.86. The molecule has 5 rings (SSSR count). The lowest BCUT2D eigenvalue weighted by atomic mass is 9.60. The SMILES string of the molecule is COC1CCN(c2ccc(N3CCN(CC4CC4)CC3)c(C3CC(C)(C)CC(C)(C)C3)c2)C1.Cl. The van der Waals surface area contributed by atoms with Gasteiger partial charge in [0.15, 0.2) is 0 Å². The van der Waals surface area contributed by atoms with Gasteiger partial charge in [0.25, 0.3) is 0 Å². The molecule has 0 amide bonds. The van der Waals surface area contributed by atoms with Gasteiger partial charge < -0.3 is 14.5 Å². The molecule has 1 atom stereocenters. The minimum absolute atomic E-state index is 0. The minimum Gasteiger partial charge on any atom is -0.380 e. The lowest BCUT2D eigenvalue weighted by Crippen LogP contribution is -2.47. The van der Waals surface area contributed by atoms with E-state index in [0.717, 1.165) is 25.4 Å². The molecule has 2 saturated heterocycles. The van der Waals surface area contributed by atoms with Crippen molar-refractivity contribution >= 4 is 23.8 Å². The molecule has 1 unspecified atom stereocenters. The number of anilines is 2. The first-order chi connectivity index (χ1) is 15.7. The Kier molecular flexibility index (Phi) is 7.82. The molecule has 4 fully saturated rings. The van der Waals surface area contributed by atoms with Crippen LogP contribution in [0.1, 0.15) is 77.7 Å². The van der Waals surface area contributed by atoms with E-state index in [9.17, 15) is 0 Å². The quantitative estimate of drug-likeness (QED) is 0.474. The summed E-state index contributed by atoms with van der Waals surface area (Å²) >= 11 is 0. The molecule has 4 nitrogen and oxygen atoms in total. The molecule has 0 spiro atoms. The first-order valence-corrected chi connectivity index (χ1v) is 13.6. The molecule has 34 heavy (non-hydrogen) atoms. The average Bonchev–Trinajstić information content (AvgIpc) is 3.44. The summed E-state index contributed by atoms with van der Waals surface area (Å²) in [5.74, 6) is 1.64. The van der Waals surface area contributed by atoms with E-state index < -0.39 is 0 Å². The van der Waals surface area contributed by atoms with Gasteiger partial charge in [-0.05, 0) is 85.0 Å². The second-order valence-electron chi connectivity index (χ2n) is 13.2. The van der Waals surface area contributed by atoms with Crippen molar-refractivity contribution in [2.45, 2.75) is 78.2 Å². The van der Waals surface area contributed by atoms with Crippen LogP contribution in [-0.4, -0.2) is 63.9 Å². The second-order valence-corrected chi connectivity index (χ2v) is 13.2. The summed E-state index contributed by atoms with van der Waals surface area (Å²) in [5, 5.41) is 0. The van der Waals surface area contributed by atoms with E-state index in [1.165, 1.54) is 76.2 Å². The first kappa shape index (κ1) is 26.1. The zero-order valence-corrected chi connectivity index (χ0v) is 23.1. The van der Waals surface area contributed by atoms with Crippen molar-refractivity contribution in [3.8, 4) is 0 Å². The summed E-state index contributed by atoms with van der Waals surface area (Å²) in [6, 6.07) is 7.44. The standard InChI is InChI=1S/C29H47N3O.ClH/c1-28(2)17-23(18-29(3,4)21-28)26-16-24(32-11-10-25(20-32)33-5)8-9-27(26)31-14-12-30(13-15-31)19-22-6-7-22;/h8-9,16,22-23,25H,6-7,10-15,17-21H2,1-5H3;1H. The molecule has 2 aliphatic carbocycles. The largest absolute Gasteiger partial charge is 0.380 e. The molecular formula is C29H48ClN3O. The number of halogens is 1. The Labute approximate surface area is 214 Å². The highest BCUT2D eigenvalue weighted by atomic mass is 35.5. The molecule has 1 aromatic rings. The van der Waals surface area contributed by atoms with Gasteiger partial charge in [0, 0.05) is 64.3 Å². The Morgan fingerprint density at radius 3 is 2.15 bits per heavy atom. The first-order valence-electron chi connectivity index (χ1n) is 13.6. The summed E-state index contributed by atoms with van der Waals surface area (Å²) in [6.45, 7) is 18.2. The van der Waals surface area contributed by atoms with Crippen LogP contribution >= 0.6 is 12.4 Å². The predicted molar refractivity (Wildman–Crippen MR) is 147 cm³/mol. The van der Waals surface area contributed by atoms with E-state index >= 15 is 0 Å². The lowest BCUT2D eigenvalue weighted by molar-refractivity contribution is 0.0970.